The van der Waals surface area contributed by atoms with Crippen molar-refractivity contribution in [3.63, 3.8) is 0 Å². The minimum atomic E-state index is -1.67. The molecule has 7 rings (SSSR count). The van der Waals surface area contributed by atoms with Crippen LogP contribution in [0.25, 0.3) is 11.2 Å². The highest BCUT2D eigenvalue weighted by atomic mass is 31.2. The molecule has 1 unspecified atom stereocenters. The molecule has 1 aliphatic heterocycles. The lowest BCUT2D eigenvalue weighted by Gasteiger charge is -2.39. The summed E-state index contributed by atoms with van der Waals surface area (Å²) >= 11 is 0. The number of nitrogens with zero attached hydrogens (tertiary/aromatic N) is 7. The van der Waals surface area contributed by atoms with Crippen LogP contribution in [-0.2, 0) is 35.4 Å². The Balaban J connectivity index is 1.23. The van der Waals surface area contributed by atoms with E-state index in [9.17, 15) is 10.1 Å². The molecule has 2 aromatic heterocycles. The molecule has 17 heteroatoms. The van der Waals surface area contributed by atoms with Crippen molar-refractivity contribution < 1.29 is 37.5 Å². The van der Waals surface area contributed by atoms with Crippen LogP contribution in [0.15, 0.2) is 116 Å². The number of hydrogen-bond donors (Lipinski definition) is 1. The maximum absolute atomic E-state index is 12.6. The molecule has 1 aliphatic rings. The molecule has 16 nitrogen and oxygen atoms in total. The zero-order chi connectivity index (χ0) is 48.0. The molecule has 0 amide bonds. The first-order valence-corrected chi connectivity index (χ1v) is 23.7. The van der Waals surface area contributed by atoms with Gasteiger partial charge < -0.3 is 38.0 Å². The van der Waals surface area contributed by atoms with E-state index in [1.807, 2.05) is 83.4 Å². The first-order valence-electron chi connectivity index (χ1n) is 22.5. The number of methoxy groups -OCH3 is 2. The number of nitriles is 2. The van der Waals surface area contributed by atoms with E-state index in [0.29, 0.717) is 47.0 Å². The number of hydrogen-bond acceptors (Lipinski definition) is 15. The van der Waals surface area contributed by atoms with Gasteiger partial charge in [-0.3, -0.25) is 4.57 Å². The highest BCUT2D eigenvalue weighted by molar-refractivity contribution is 7.44. The Hall–Kier alpha value is -6.49. The first-order chi connectivity index (χ1) is 33.1. The molecule has 0 aliphatic carbocycles. The molecule has 0 radical (unpaired) electrons. The molecular weight excluding hydrogens is 884 g/mol. The second-order valence-corrected chi connectivity index (χ2v) is 17.9. The minimum absolute atomic E-state index is 0.0263. The van der Waals surface area contributed by atoms with E-state index in [4.69, 9.17) is 43.0 Å². The van der Waals surface area contributed by atoms with Gasteiger partial charge in [-0.1, -0.05) is 66.7 Å². The zero-order valence-electron chi connectivity index (χ0n) is 39.1. The summed E-state index contributed by atoms with van der Waals surface area (Å²) in [6, 6.07) is 37.2. The smallest absolute Gasteiger partial charge is 0.338 e. The van der Waals surface area contributed by atoms with E-state index in [2.05, 4.69) is 65.9 Å². The quantitative estimate of drug-likeness (QED) is 0.0277. The number of benzene rings is 4. The van der Waals surface area contributed by atoms with Gasteiger partial charge in [0, 0.05) is 25.0 Å². The Morgan fingerprint density at radius 2 is 1.50 bits per heavy atom. The minimum Gasteiger partial charge on any atom is -0.497 e. The van der Waals surface area contributed by atoms with Crippen LogP contribution in [0.2, 0.25) is 0 Å². The Kier molecular flexibility index (Phi) is 17.1. The number of imidazole rings is 1. The van der Waals surface area contributed by atoms with Gasteiger partial charge >= 0.3 is 5.97 Å². The first kappa shape index (κ1) is 49.4. The van der Waals surface area contributed by atoms with Crippen molar-refractivity contribution >= 4 is 31.5 Å². The fourth-order valence-electron chi connectivity index (χ4n) is 8.28. The molecular formula is C51H57N8O8P. The molecule has 3 heterocycles. The van der Waals surface area contributed by atoms with Gasteiger partial charge in [-0.2, -0.15) is 10.5 Å². The Morgan fingerprint density at radius 1 is 0.853 bits per heavy atom. The number of aromatic nitrogens is 4. The molecule has 4 aromatic carbocycles. The van der Waals surface area contributed by atoms with Crippen molar-refractivity contribution in [2.24, 2.45) is 0 Å². The molecule has 4 atom stereocenters. The summed E-state index contributed by atoms with van der Waals surface area (Å²) in [5.74, 6) is 1.41. The van der Waals surface area contributed by atoms with Crippen LogP contribution in [0.4, 0.5) is 5.82 Å². The molecule has 0 saturated carbocycles. The fourth-order valence-corrected chi connectivity index (χ4v) is 10.0. The molecule has 1 N–H and O–H groups in total. The SMILES string of the molecule is COc1ccc(C(OC[C@H]2O[C@@H](n3cnc4c(NCc5cccc(C(=O)OCCC#N)c5)ncnc43)C[C@@H]2OP(OCCC#N)N(C(C)C)C(C)C)(c2ccccc2)c2ccc(OC)cc2)cc1. The molecule has 0 bridgehead atoms. The average Bonchev–Trinajstić information content (AvgIpc) is 3.98. The second kappa shape index (κ2) is 23.5. The number of esters is 1. The normalized spacial score (nSPS) is 16.4. The zero-order valence-corrected chi connectivity index (χ0v) is 40.0. The second-order valence-electron chi connectivity index (χ2n) is 16.5. The summed E-state index contributed by atoms with van der Waals surface area (Å²) in [6.45, 7) is 9.05. The summed E-state index contributed by atoms with van der Waals surface area (Å²) in [5.41, 5.74) is 3.76. The van der Waals surface area contributed by atoms with Gasteiger partial charge in [-0.05, 0) is 86.3 Å². The monoisotopic (exact) mass is 940 g/mol. The molecule has 0 spiro atoms. The summed E-state index contributed by atoms with van der Waals surface area (Å²) in [6.07, 6.45) is 2.10. The summed E-state index contributed by atoms with van der Waals surface area (Å²) < 4.78 is 48.4. The average molecular weight is 941 g/mol. The number of fused-ring (bicyclic) bond motifs is 1. The van der Waals surface area contributed by atoms with Gasteiger partial charge in [0.15, 0.2) is 17.0 Å². The standard InChI is InChI=1S/C51H57N8O8P/c1-35(2)59(36(3)4)68(65-28-12-26-53)67-44-30-46(58-34-57-47-48(55-33-56-49(47)58)54-31-37-13-10-14-38(29-37)50(60)63-27-11-25-52)66-45(44)32-64-51(39-15-8-7-9-16-39,40-17-21-42(61-5)22-18-40)41-19-23-43(62-6)24-20-41/h7-10,13-24,29,33-36,44-46H,11-12,27-28,30-32H2,1-6H3,(H,54,55,56)/t44-,45+,46+,68?/m0/s1. The fraction of sp³-hybridized carbons (Fsp3) is 0.373. The van der Waals surface area contributed by atoms with Gasteiger partial charge in [0.2, 0.25) is 0 Å². The maximum Gasteiger partial charge on any atom is 0.338 e. The summed E-state index contributed by atoms with van der Waals surface area (Å²) in [7, 11) is 1.61. The van der Waals surface area contributed by atoms with E-state index < -0.39 is 38.5 Å². The summed E-state index contributed by atoms with van der Waals surface area (Å²) in [4.78, 5) is 26.6. The van der Waals surface area contributed by atoms with Crippen LogP contribution in [-0.4, -0.2) is 88.5 Å². The number of carbonyl (C=O) groups excluding carboxylic acids is 1. The van der Waals surface area contributed by atoms with E-state index >= 15 is 0 Å². The number of ether oxygens (including phenoxy) is 5. The third-order valence-corrected chi connectivity index (χ3v) is 13.6. The molecule has 1 fully saturated rings. The van der Waals surface area contributed by atoms with Gasteiger partial charge in [0.05, 0.1) is 70.4 Å². The van der Waals surface area contributed by atoms with E-state index in [-0.39, 0.29) is 44.7 Å². The Morgan fingerprint density at radius 3 is 2.13 bits per heavy atom. The predicted octanol–water partition coefficient (Wildman–Crippen LogP) is 9.48. The number of nitrogens with one attached hydrogen (secondary N) is 1. The highest BCUT2D eigenvalue weighted by Gasteiger charge is 2.45. The Labute approximate surface area is 398 Å². The lowest BCUT2D eigenvalue weighted by molar-refractivity contribution is -0.0912. The Bertz CT molecular complexity index is 2600. The van der Waals surface area contributed by atoms with Crippen LogP contribution in [0, 0.1) is 22.7 Å². The van der Waals surface area contributed by atoms with Crippen molar-refractivity contribution in [2.75, 3.05) is 39.4 Å². The van der Waals surface area contributed by atoms with Crippen LogP contribution in [0.3, 0.4) is 0 Å². The number of carbonyl (C=O) groups is 1. The third kappa shape index (κ3) is 11.4. The van der Waals surface area contributed by atoms with Crippen LogP contribution >= 0.6 is 8.53 Å². The van der Waals surface area contributed by atoms with Gasteiger partial charge in [-0.25, -0.2) is 24.4 Å². The van der Waals surface area contributed by atoms with E-state index in [0.717, 1.165) is 22.3 Å². The van der Waals surface area contributed by atoms with Crippen molar-refractivity contribution in [3.05, 3.63) is 144 Å². The van der Waals surface area contributed by atoms with Crippen LogP contribution in [0.5, 0.6) is 11.5 Å². The van der Waals surface area contributed by atoms with Crippen molar-refractivity contribution in [1.29, 1.82) is 10.5 Å². The van der Waals surface area contributed by atoms with E-state index in [1.54, 1.807) is 38.7 Å². The van der Waals surface area contributed by atoms with Gasteiger partial charge in [-0.15, -0.1) is 0 Å². The van der Waals surface area contributed by atoms with Crippen LogP contribution < -0.4 is 14.8 Å². The topological polar surface area (TPSA) is 188 Å². The number of rotatable bonds is 23. The third-order valence-electron chi connectivity index (χ3n) is 11.4. The lowest BCUT2D eigenvalue weighted by Crippen LogP contribution is -2.39. The summed E-state index contributed by atoms with van der Waals surface area (Å²) in [5, 5.41) is 21.7. The molecule has 6 aromatic rings. The van der Waals surface area contributed by atoms with Gasteiger partial charge in [0.1, 0.15) is 42.4 Å². The van der Waals surface area contributed by atoms with Crippen molar-refractivity contribution in [1.82, 2.24) is 24.2 Å². The van der Waals surface area contributed by atoms with Gasteiger partial charge in [0.25, 0.3) is 8.53 Å². The lowest BCUT2D eigenvalue weighted by atomic mass is 9.80. The molecule has 68 heavy (non-hydrogen) atoms. The van der Waals surface area contributed by atoms with E-state index in [1.165, 1.54) is 6.33 Å². The number of anilines is 1. The highest BCUT2D eigenvalue weighted by Crippen LogP contribution is 2.51. The van der Waals surface area contributed by atoms with Crippen molar-refractivity contribution in [3.8, 4) is 23.6 Å². The predicted molar refractivity (Wildman–Crippen MR) is 256 cm³/mol. The maximum atomic E-state index is 12.6. The van der Waals surface area contributed by atoms with Crippen molar-refractivity contribution in [2.45, 2.75) is 89.6 Å². The largest absolute Gasteiger partial charge is 0.497 e. The van der Waals surface area contributed by atoms with Crippen LogP contribution in [0.1, 0.15) is 85.8 Å². The molecule has 1 saturated heterocycles. The molecule has 354 valence electrons.